The highest BCUT2D eigenvalue weighted by Gasteiger charge is 2.22. The summed E-state index contributed by atoms with van der Waals surface area (Å²) in [6.07, 6.45) is 0. The molecule has 1 aliphatic heterocycles. The van der Waals surface area contributed by atoms with Gasteiger partial charge in [-0.05, 0) is 12.1 Å². The van der Waals surface area contributed by atoms with Crippen molar-refractivity contribution in [3.05, 3.63) is 30.3 Å². The van der Waals surface area contributed by atoms with E-state index in [9.17, 15) is 4.79 Å². The summed E-state index contributed by atoms with van der Waals surface area (Å²) in [5.41, 5.74) is 0. The summed E-state index contributed by atoms with van der Waals surface area (Å²) in [6.45, 7) is 9.09. The summed E-state index contributed by atoms with van der Waals surface area (Å²) in [7, 11) is 0. The van der Waals surface area contributed by atoms with Gasteiger partial charge in [-0.1, -0.05) is 32.0 Å². The van der Waals surface area contributed by atoms with E-state index in [1.165, 1.54) is 0 Å². The number of ether oxygens (including phenoxy) is 1. The fourth-order valence-electron chi connectivity index (χ4n) is 2.37. The Morgan fingerprint density at radius 3 is 2.40 bits per heavy atom. The standard InChI is InChI=1S/C16H24N2O2/c1-14(2)16(19)18-10-8-17(9-11-18)12-13-20-15-6-4-3-5-7-15/h3-7,14H,8-13H2,1-2H3. The van der Waals surface area contributed by atoms with Crippen LogP contribution < -0.4 is 4.74 Å². The van der Waals surface area contributed by atoms with Gasteiger partial charge in [-0.3, -0.25) is 9.69 Å². The maximum atomic E-state index is 11.9. The van der Waals surface area contributed by atoms with Crippen LogP contribution in [0.15, 0.2) is 30.3 Å². The third-order valence-electron chi connectivity index (χ3n) is 3.60. The normalized spacial score (nSPS) is 16.4. The first-order valence-electron chi connectivity index (χ1n) is 7.36. The molecule has 0 bridgehead atoms. The molecular weight excluding hydrogens is 252 g/mol. The number of piperazine rings is 1. The fourth-order valence-corrected chi connectivity index (χ4v) is 2.37. The van der Waals surface area contributed by atoms with Crippen molar-refractivity contribution in [2.24, 2.45) is 5.92 Å². The van der Waals surface area contributed by atoms with Gasteiger partial charge in [0, 0.05) is 38.6 Å². The average Bonchev–Trinajstić information content (AvgIpc) is 2.48. The van der Waals surface area contributed by atoms with Gasteiger partial charge in [-0.25, -0.2) is 0 Å². The highest BCUT2D eigenvalue weighted by Crippen LogP contribution is 2.09. The van der Waals surface area contributed by atoms with Gasteiger partial charge in [-0.2, -0.15) is 0 Å². The summed E-state index contributed by atoms with van der Waals surface area (Å²) >= 11 is 0. The molecule has 0 radical (unpaired) electrons. The largest absolute Gasteiger partial charge is 0.492 e. The van der Waals surface area contributed by atoms with Crippen molar-refractivity contribution in [3.8, 4) is 5.75 Å². The second-order valence-electron chi connectivity index (χ2n) is 5.48. The highest BCUT2D eigenvalue weighted by molar-refractivity contribution is 5.78. The molecule has 1 amide bonds. The molecule has 0 N–H and O–H groups in total. The lowest BCUT2D eigenvalue weighted by atomic mass is 10.1. The Morgan fingerprint density at radius 1 is 1.15 bits per heavy atom. The SMILES string of the molecule is CC(C)C(=O)N1CCN(CCOc2ccccc2)CC1. The van der Waals surface area contributed by atoms with Crippen molar-refractivity contribution in [1.29, 1.82) is 0 Å². The molecule has 0 atom stereocenters. The van der Waals surface area contributed by atoms with Gasteiger partial charge in [0.25, 0.3) is 0 Å². The molecule has 4 heteroatoms. The Balaban J connectivity index is 1.66. The number of rotatable bonds is 5. The number of nitrogens with zero attached hydrogens (tertiary/aromatic N) is 2. The van der Waals surface area contributed by atoms with Gasteiger partial charge in [0.2, 0.25) is 5.91 Å². The molecule has 20 heavy (non-hydrogen) atoms. The van der Waals surface area contributed by atoms with E-state index in [0.717, 1.165) is 38.5 Å². The zero-order valence-corrected chi connectivity index (χ0v) is 12.4. The zero-order chi connectivity index (χ0) is 14.4. The first-order valence-corrected chi connectivity index (χ1v) is 7.36. The molecule has 1 aromatic rings. The molecule has 0 aromatic heterocycles. The van der Waals surface area contributed by atoms with Crippen LogP contribution in [0.4, 0.5) is 0 Å². The van der Waals surface area contributed by atoms with Crippen molar-refractivity contribution >= 4 is 5.91 Å². The molecule has 1 fully saturated rings. The maximum Gasteiger partial charge on any atom is 0.225 e. The van der Waals surface area contributed by atoms with E-state index in [-0.39, 0.29) is 11.8 Å². The van der Waals surface area contributed by atoms with Crippen molar-refractivity contribution in [1.82, 2.24) is 9.80 Å². The Labute approximate surface area is 121 Å². The molecule has 1 aliphatic rings. The number of hydrogen-bond donors (Lipinski definition) is 0. The van der Waals surface area contributed by atoms with Gasteiger partial charge in [0.05, 0.1) is 0 Å². The topological polar surface area (TPSA) is 32.8 Å². The van der Waals surface area contributed by atoms with Crippen LogP contribution in [-0.2, 0) is 4.79 Å². The molecular formula is C16H24N2O2. The average molecular weight is 276 g/mol. The lowest BCUT2D eigenvalue weighted by Crippen LogP contribution is -2.50. The highest BCUT2D eigenvalue weighted by atomic mass is 16.5. The summed E-state index contributed by atoms with van der Waals surface area (Å²) in [4.78, 5) is 16.2. The summed E-state index contributed by atoms with van der Waals surface area (Å²) < 4.78 is 5.70. The van der Waals surface area contributed by atoms with Gasteiger partial charge in [0.15, 0.2) is 0 Å². The predicted octanol–water partition coefficient (Wildman–Crippen LogP) is 1.87. The molecule has 1 heterocycles. The monoisotopic (exact) mass is 276 g/mol. The lowest BCUT2D eigenvalue weighted by Gasteiger charge is -2.35. The zero-order valence-electron chi connectivity index (χ0n) is 12.4. The van der Waals surface area contributed by atoms with E-state index in [4.69, 9.17) is 4.74 Å². The second-order valence-corrected chi connectivity index (χ2v) is 5.48. The number of hydrogen-bond acceptors (Lipinski definition) is 3. The lowest BCUT2D eigenvalue weighted by molar-refractivity contribution is -0.136. The van der Waals surface area contributed by atoms with Crippen molar-refractivity contribution in [3.63, 3.8) is 0 Å². The molecule has 0 unspecified atom stereocenters. The molecule has 1 saturated heterocycles. The molecule has 2 rings (SSSR count). The minimum Gasteiger partial charge on any atom is -0.492 e. The van der Waals surface area contributed by atoms with Gasteiger partial charge in [0.1, 0.15) is 12.4 Å². The number of carbonyl (C=O) groups is 1. The van der Waals surface area contributed by atoms with E-state index >= 15 is 0 Å². The molecule has 1 aromatic carbocycles. The van der Waals surface area contributed by atoms with Crippen LogP contribution in [0.5, 0.6) is 5.75 Å². The van der Waals surface area contributed by atoms with Crippen LogP contribution in [-0.4, -0.2) is 55.0 Å². The minimum absolute atomic E-state index is 0.1000. The van der Waals surface area contributed by atoms with E-state index in [2.05, 4.69) is 4.90 Å². The van der Waals surface area contributed by atoms with Crippen LogP contribution in [0.3, 0.4) is 0 Å². The molecule has 0 saturated carbocycles. The Hall–Kier alpha value is -1.55. The van der Waals surface area contributed by atoms with Gasteiger partial charge < -0.3 is 9.64 Å². The fraction of sp³-hybridized carbons (Fsp3) is 0.562. The Kier molecular flexibility index (Phi) is 5.41. The van der Waals surface area contributed by atoms with Crippen LogP contribution >= 0.6 is 0 Å². The molecule has 110 valence electrons. The first-order chi connectivity index (χ1) is 9.66. The van der Waals surface area contributed by atoms with Crippen molar-refractivity contribution < 1.29 is 9.53 Å². The summed E-state index contributed by atoms with van der Waals surface area (Å²) in [5, 5.41) is 0. The Bertz CT molecular complexity index is 412. The Morgan fingerprint density at radius 2 is 1.80 bits per heavy atom. The maximum absolute atomic E-state index is 11.9. The minimum atomic E-state index is 0.1000. The van der Waals surface area contributed by atoms with Crippen molar-refractivity contribution in [2.75, 3.05) is 39.3 Å². The quantitative estimate of drug-likeness (QED) is 0.823. The van der Waals surface area contributed by atoms with Crippen LogP contribution in [0.2, 0.25) is 0 Å². The van der Waals surface area contributed by atoms with Crippen LogP contribution in [0, 0.1) is 5.92 Å². The molecule has 0 aliphatic carbocycles. The smallest absolute Gasteiger partial charge is 0.225 e. The van der Waals surface area contributed by atoms with E-state index in [0.29, 0.717) is 6.61 Å². The van der Waals surface area contributed by atoms with Crippen LogP contribution in [0.25, 0.3) is 0 Å². The molecule has 0 spiro atoms. The van der Waals surface area contributed by atoms with E-state index in [1.54, 1.807) is 0 Å². The number of amides is 1. The van der Waals surface area contributed by atoms with Gasteiger partial charge in [-0.15, -0.1) is 0 Å². The van der Waals surface area contributed by atoms with Gasteiger partial charge >= 0.3 is 0 Å². The number of carbonyl (C=O) groups excluding carboxylic acids is 1. The third kappa shape index (κ3) is 4.23. The summed E-state index contributed by atoms with van der Waals surface area (Å²) in [5.74, 6) is 1.29. The second kappa shape index (κ2) is 7.29. The molecule has 4 nitrogen and oxygen atoms in total. The number of para-hydroxylation sites is 1. The summed E-state index contributed by atoms with van der Waals surface area (Å²) in [6, 6.07) is 9.88. The van der Waals surface area contributed by atoms with Crippen molar-refractivity contribution in [2.45, 2.75) is 13.8 Å². The van der Waals surface area contributed by atoms with E-state index in [1.807, 2.05) is 49.1 Å². The predicted molar refractivity (Wildman–Crippen MR) is 79.8 cm³/mol. The third-order valence-corrected chi connectivity index (χ3v) is 3.60. The van der Waals surface area contributed by atoms with E-state index < -0.39 is 0 Å². The first kappa shape index (κ1) is 14.9. The van der Waals surface area contributed by atoms with Crippen LogP contribution in [0.1, 0.15) is 13.8 Å². The number of benzene rings is 1.